The van der Waals surface area contributed by atoms with E-state index in [1.54, 1.807) is 33.6 Å². The number of hydrogen-bond acceptors (Lipinski definition) is 6. The van der Waals surface area contributed by atoms with Gasteiger partial charge in [0.05, 0.1) is 17.1 Å². The van der Waals surface area contributed by atoms with E-state index in [-0.39, 0.29) is 12.5 Å². The van der Waals surface area contributed by atoms with Crippen LogP contribution in [0.2, 0.25) is 0 Å². The molecule has 0 radical (unpaired) electrons. The van der Waals surface area contributed by atoms with Gasteiger partial charge >= 0.3 is 0 Å². The van der Waals surface area contributed by atoms with Crippen LogP contribution in [0.1, 0.15) is 34.5 Å². The molecule has 9 nitrogen and oxygen atoms in total. The van der Waals surface area contributed by atoms with Gasteiger partial charge in [0, 0.05) is 19.2 Å². The zero-order valence-corrected chi connectivity index (χ0v) is 15.2. The molecule has 0 atom stereocenters. The van der Waals surface area contributed by atoms with Crippen LogP contribution in [0.3, 0.4) is 0 Å². The summed E-state index contributed by atoms with van der Waals surface area (Å²) in [4.78, 5) is 12.6. The summed E-state index contributed by atoms with van der Waals surface area (Å²) in [5.74, 6) is 0.986. The van der Waals surface area contributed by atoms with Crippen LogP contribution in [-0.4, -0.2) is 35.9 Å². The van der Waals surface area contributed by atoms with Crippen LogP contribution in [-0.2, 0) is 20.2 Å². The van der Waals surface area contributed by atoms with Crippen molar-refractivity contribution in [3.8, 4) is 5.75 Å². The van der Waals surface area contributed by atoms with E-state index in [1.165, 1.54) is 0 Å². The number of hydrogen-bond donors (Lipinski definition) is 1. The molecule has 9 heteroatoms. The van der Waals surface area contributed by atoms with Gasteiger partial charge in [-0.2, -0.15) is 5.10 Å². The summed E-state index contributed by atoms with van der Waals surface area (Å²) in [7, 11) is 1.84. The summed E-state index contributed by atoms with van der Waals surface area (Å²) in [6.07, 6.45) is 0. The highest BCUT2D eigenvalue weighted by atomic mass is 16.5. The van der Waals surface area contributed by atoms with Crippen LogP contribution in [0.4, 0.5) is 5.69 Å². The standard InChI is InChI=1S/C17H21N7O2/c1-5-24-15(19-21-22-24)10-26-14-8-6-7-13(9-14)17(25)18-16-11(2)20-23(4)12(16)3/h6-9H,5,10H2,1-4H3,(H,18,25). The first kappa shape index (κ1) is 17.6. The van der Waals surface area contributed by atoms with Gasteiger partial charge in [-0.15, -0.1) is 5.10 Å². The van der Waals surface area contributed by atoms with Crippen molar-refractivity contribution >= 4 is 11.6 Å². The van der Waals surface area contributed by atoms with E-state index in [4.69, 9.17) is 4.74 Å². The number of ether oxygens (including phenoxy) is 1. The smallest absolute Gasteiger partial charge is 0.255 e. The fourth-order valence-electron chi connectivity index (χ4n) is 2.59. The van der Waals surface area contributed by atoms with Crippen LogP contribution in [0.25, 0.3) is 0 Å². The Balaban J connectivity index is 1.71. The predicted octanol–water partition coefficient (Wildman–Crippen LogP) is 1.87. The van der Waals surface area contributed by atoms with Crippen LogP contribution in [0, 0.1) is 13.8 Å². The highest BCUT2D eigenvalue weighted by molar-refractivity contribution is 6.05. The zero-order chi connectivity index (χ0) is 18.7. The lowest BCUT2D eigenvalue weighted by Gasteiger charge is -2.09. The number of rotatable bonds is 6. The van der Waals surface area contributed by atoms with Gasteiger partial charge in [-0.05, 0) is 49.4 Å². The molecule has 1 amide bonds. The molecule has 0 aliphatic rings. The Hall–Kier alpha value is -3.23. The Morgan fingerprint density at radius 1 is 1.31 bits per heavy atom. The quantitative estimate of drug-likeness (QED) is 0.725. The molecule has 0 bridgehead atoms. The molecule has 2 aromatic heterocycles. The highest BCUT2D eigenvalue weighted by Crippen LogP contribution is 2.21. The number of benzene rings is 1. The van der Waals surface area contributed by atoms with Crippen LogP contribution in [0.5, 0.6) is 5.75 Å². The Morgan fingerprint density at radius 2 is 2.12 bits per heavy atom. The molecule has 0 saturated carbocycles. The first-order valence-electron chi connectivity index (χ1n) is 8.29. The van der Waals surface area contributed by atoms with Crippen molar-refractivity contribution in [1.29, 1.82) is 0 Å². The Bertz CT molecular complexity index is 929. The molecule has 1 aromatic carbocycles. The van der Waals surface area contributed by atoms with E-state index in [2.05, 4.69) is 25.9 Å². The normalized spacial score (nSPS) is 10.8. The van der Waals surface area contributed by atoms with Gasteiger partial charge in [0.1, 0.15) is 12.4 Å². The van der Waals surface area contributed by atoms with Gasteiger partial charge in [0.2, 0.25) is 0 Å². The summed E-state index contributed by atoms with van der Waals surface area (Å²) in [6, 6.07) is 6.99. The number of amides is 1. The van der Waals surface area contributed by atoms with E-state index in [1.807, 2.05) is 27.8 Å². The monoisotopic (exact) mass is 355 g/mol. The van der Waals surface area contributed by atoms with Gasteiger partial charge < -0.3 is 10.1 Å². The second-order valence-corrected chi connectivity index (χ2v) is 5.85. The molecule has 0 aliphatic heterocycles. The Labute approximate surface area is 151 Å². The molecule has 0 unspecified atom stereocenters. The SMILES string of the molecule is CCn1nnnc1COc1cccc(C(=O)Nc2c(C)nn(C)c2C)c1. The minimum atomic E-state index is -0.215. The third kappa shape index (κ3) is 3.56. The van der Waals surface area contributed by atoms with Crippen molar-refractivity contribution in [3.05, 3.63) is 47.0 Å². The average Bonchev–Trinajstić information content (AvgIpc) is 3.19. The predicted molar refractivity (Wildman–Crippen MR) is 94.9 cm³/mol. The lowest BCUT2D eigenvalue weighted by atomic mass is 10.2. The summed E-state index contributed by atoms with van der Waals surface area (Å²) in [5.41, 5.74) is 2.90. The molecule has 26 heavy (non-hydrogen) atoms. The zero-order valence-electron chi connectivity index (χ0n) is 15.2. The van der Waals surface area contributed by atoms with Crippen molar-refractivity contribution in [3.63, 3.8) is 0 Å². The van der Waals surface area contributed by atoms with Crippen molar-refractivity contribution in [1.82, 2.24) is 30.0 Å². The largest absolute Gasteiger partial charge is 0.486 e. The molecule has 0 aliphatic carbocycles. The number of carbonyl (C=O) groups is 1. The van der Waals surface area contributed by atoms with E-state index in [0.717, 1.165) is 17.1 Å². The third-order valence-electron chi connectivity index (χ3n) is 4.12. The summed E-state index contributed by atoms with van der Waals surface area (Å²) in [6.45, 7) is 6.62. The molecule has 0 fully saturated rings. The molecule has 136 valence electrons. The average molecular weight is 355 g/mol. The molecule has 1 N–H and O–H groups in total. The minimum absolute atomic E-state index is 0.215. The molecule has 0 spiro atoms. The van der Waals surface area contributed by atoms with Crippen LogP contribution >= 0.6 is 0 Å². The van der Waals surface area contributed by atoms with Gasteiger partial charge in [-0.3, -0.25) is 9.48 Å². The van der Waals surface area contributed by atoms with Crippen molar-refractivity contribution in [2.45, 2.75) is 33.9 Å². The topological polar surface area (TPSA) is 99.8 Å². The number of aromatic nitrogens is 6. The molecule has 3 aromatic rings. The van der Waals surface area contributed by atoms with Crippen molar-refractivity contribution in [2.24, 2.45) is 7.05 Å². The van der Waals surface area contributed by atoms with Gasteiger partial charge in [0.15, 0.2) is 5.82 Å². The molecular weight excluding hydrogens is 334 g/mol. The number of anilines is 1. The van der Waals surface area contributed by atoms with Gasteiger partial charge in [-0.1, -0.05) is 6.07 Å². The molecular formula is C17H21N7O2. The number of nitrogens with zero attached hydrogens (tertiary/aromatic N) is 6. The number of nitrogens with one attached hydrogen (secondary N) is 1. The van der Waals surface area contributed by atoms with E-state index < -0.39 is 0 Å². The summed E-state index contributed by atoms with van der Waals surface area (Å²) >= 11 is 0. The Morgan fingerprint density at radius 3 is 2.81 bits per heavy atom. The van der Waals surface area contributed by atoms with Crippen molar-refractivity contribution in [2.75, 3.05) is 5.32 Å². The lowest BCUT2D eigenvalue weighted by molar-refractivity contribution is 0.102. The third-order valence-corrected chi connectivity index (χ3v) is 4.12. The molecule has 3 rings (SSSR count). The number of aryl methyl sites for hydroxylation is 3. The first-order chi connectivity index (χ1) is 12.5. The fourth-order valence-corrected chi connectivity index (χ4v) is 2.59. The second kappa shape index (κ2) is 7.34. The van der Waals surface area contributed by atoms with Gasteiger partial charge in [0.25, 0.3) is 5.91 Å². The number of carbonyl (C=O) groups excluding carboxylic acids is 1. The maximum Gasteiger partial charge on any atom is 0.255 e. The number of tetrazole rings is 1. The highest BCUT2D eigenvalue weighted by Gasteiger charge is 2.14. The van der Waals surface area contributed by atoms with Gasteiger partial charge in [-0.25, -0.2) is 4.68 Å². The molecule has 0 saturated heterocycles. The fraction of sp³-hybridized carbons (Fsp3) is 0.353. The van der Waals surface area contributed by atoms with Crippen LogP contribution < -0.4 is 10.1 Å². The lowest BCUT2D eigenvalue weighted by Crippen LogP contribution is -2.13. The van der Waals surface area contributed by atoms with E-state index in [0.29, 0.717) is 23.7 Å². The van der Waals surface area contributed by atoms with Crippen molar-refractivity contribution < 1.29 is 9.53 Å². The minimum Gasteiger partial charge on any atom is -0.486 e. The summed E-state index contributed by atoms with van der Waals surface area (Å²) < 4.78 is 9.12. The first-order valence-corrected chi connectivity index (χ1v) is 8.29. The maximum atomic E-state index is 12.6. The summed E-state index contributed by atoms with van der Waals surface area (Å²) in [5, 5.41) is 18.6. The maximum absolute atomic E-state index is 12.6. The molecule has 2 heterocycles. The van der Waals surface area contributed by atoms with Crippen LogP contribution in [0.15, 0.2) is 24.3 Å². The second-order valence-electron chi connectivity index (χ2n) is 5.85. The Kier molecular flexibility index (Phi) is 4.97. The van der Waals surface area contributed by atoms with E-state index >= 15 is 0 Å². The van der Waals surface area contributed by atoms with E-state index in [9.17, 15) is 4.79 Å².